The number of benzene rings is 2. The van der Waals surface area contributed by atoms with Crippen LogP contribution in [0.2, 0.25) is 0 Å². The Morgan fingerprint density at radius 3 is 2.78 bits per heavy atom. The van der Waals surface area contributed by atoms with Crippen LogP contribution in [0.3, 0.4) is 0 Å². The summed E-state index contributed by atoms with van der Waals surface area (Å²) in [6.45, 7) is 1.72. The lowest BCUT2D eigenvalue weighted by atomic mass is 9.73. The molecule has 1 aliphatic heterocycles. The normalized spacial score (nSPS) is 25.1. The highest BCUT2D eigenvalue weighted by atomic mass is 16.2. The molecule has 1 saturated heterocycles. The summed E-state index contributed by atoms with van der Waals surface area (Å²) >= 11 is 0. The molecule has 2 aliphatic rings. The quantitative estimate of drug-likeness (QED) is 0.820. The largest absolute Gasteiger partial charge is 0.325 e. The Kier molecular flexibility index (Phi) is 4.34. The van der Waals surface area contributed by atoms with E-state index in [1.165, 1.54) is 0 Å². The number of carbonyl (C=O) groups excluding carboxylic acids is 3. The van der Waals surface area contributed by atoms with Crippen LogP contribution in [0, 0.1) is 5.92 Å². The minimum absolute atomic E-state index is 0.0776. The van der Waals surface area contributed by atoms with Crippen molar-refractivity contribution in [2.45, 2.75) is 38.1 Å². The summed E-state index contributed by atoms with van der Waals surface area (Å²) in [5.41, 5.74) is -0.166. The zero-order chi connectivity index (χ0) is 19.0. The van der Waals surface area contributed by atoms with Gasteiger partial charge in [0.15, 0.2) is 0 Å². The maximum absolute atomic E-state index is 13.0. The summed E-state index contributed by atoms with van der Waals surface area (Å²) in [6.07, 6.45) is 3.52. The van der Waals surface area contributed by atoms with Gasteiger partial charge in [0.1, 0.15) is 12.1 Å². The van der Waals surface area contributed by atoms with Crippen molar-refractivity contribution in [3.8, 4) is 0 Å². The Morgan fingerprint density at radius 1 is 1.19 bits per heavy atom. The molecule has 6 nitrogen and oxygen atoms in total. The lowest BCUT2D eigenvalue weighted by Gasteiger charge is -2.36. The predicted octanol–water partition coefficient (Wildman–Crippen LogP) is 3.28. The van der Waals surface area contributed by atoms with Crippen molar-refractivity contribution >= 4 is 34.3 Å². The van der Waals surface area contributed by atoms with E-state index in [-0.39, 0.29) is 24.3 Å². The average Bonchev–Trinajstić information content (AvgIpc) is 2.89. The lowest BCUT2D eigenvalue weighted by Crippen LogP contribution is -2.54. The first-order valence-corrected chi connectivity index (χ1v) is 9.43. The van der Waals surface area contributed by atoms with Gasteiger partial charge in [0, 0.05) is 11.1 Å². The third-order valence-corrected chi connectivity index (χ3v) is 5.87. The number of carbonyl (C=O) groups is 3. The summed E-state index contributed by atoms with van der Waals surface area (Å²) < 4.78 is 0. The third kappa shape index (κ3) is 2.95. The molecule has 2 aromatic carbocycles. The van der Waals surface area contributed by atoms with Crippen LogP contribution in [0.15, 0.2) is 42.5 Å². The van der Waals surface area contributed by atoms with Crippen LogP contribution in [0.25, 0.3) is 10.8 Å². The van der Waals surface area contributed by atoms with Gasteiger partial charge in [0.25, 0.3) is 5.91 Å². The molecule has 140 valence electrons. The minimum atomic E-state index is -0.838. The first-order valence-electron chi connectivity index (χ1n) is 9.43. The Balaban J connectivity index is 1.51. The van der Waals surface area contributed by atoms with Crippen LogP contribution in [-0.4, -0.2) is 34.8 Å². The molecule has 1 heterocycles. The molecule has 4 amide bonds. The number of rotatable bonds is 3. The summed E-state index contributed by atoms with van der Waals surface area (Å²) in [7, 11) is 0. The minimum Gasteiger partial charge on any atom is -0.324 e. The third-order valence-electron chi connectivity index (χ3n) is 5.87. The van der Waals surface area contributed by atoms with Gasteiger partial charge in [-0.25, -0.2) is 4.79 Å². The summed E-state index contributed by atoms with van der Waals surface area (Å²) in [5.74, 6) is -0.572. The molecule has 2 N–H and O–H groups in total. The molecule has 0 aromatic heterocycles. The van der Waals surface area contributed by atoms with E-state index in [0.29, 0.717) is 12.1 Å². The monoisotopic (exact) mass is 365 g/mol. The molecule has 0 radical (unpaired) electrons. The summed E-state index contributed by atoms with van der Waals surface area (Å²) in [4.78, 5) is 39.0. The second-order valence-corrected chi connectivity index (χ2v) is 7.51. The molecule has 6 heteroatoms. The maximum Gasteiger partial charge on any atom is 0.325 e. The Hall–Kier alpha value is -2.89. The van der Waals surface area contributed by atoms with Crippen molar-refractivity contribution in [1.29, 1.82) is 0 Å². The molecule has 2 fully saturated rings. The van der Waals surface area contributed by atoms with E-state index in [2.05, 4.69) is 10.6 Å². The van der Waals surface area contributed by atoms with E-state index in [1.807, 2.05) is 49.4 Å². The van der Waals surface area contributed by atoms with E-state index >= 15 is 0 Å². The van der Waals surface area contributed by atoms with E-state index in [1.54, 1.807) is 0 Å². The molecule has 1 aliphatic carbocycles. The Labute approximate surface area is 157 Å². The smallest absolute Gasteiger partial charge is 0.324 e. The van der Waals surface area contributed by atoms with Crippen molar-refractivity contribution in [2.75, 3.05) is 11.9 Å². The highest BCUT2D eigenvalue weighted by molar-refractivity contribution is 6.11. The number of nitrogens with one attached hydrogen (secondary N) is 2. The van der Waals surface area contributed by atoms with Gasteiger partial charge in [-0.1, -0.05) is 56.2 Å². The van der Waals surface area contributed by atoms with Gasteiger partial charge in [-0.05, 0) is 30.2 Å². The first kappa shape index (κ1) is 17.5. The second-order valence-electron chi connectivity index (χ2n) is 7.51. The van der Waals surface area contributed by atoms with Crippen molar-refractivity contribution in [3.63, 3.8) is 0 Å². The SMILES string of the molecule is C[C@H]1CCCC[C@@]12NC(=O)N(CC(=O)Nc1cccc3ccccc13)C2=O. The van der Waals surface area contributed by atoms with Crippen molar-refractivity contribution in [1.82, 2.24) is 10.2 Å². The molecule has 2 atom stereocenters. The molecule has 1 spiro atoms. The van der Waals surface area contributed by atoms with Gasteiger partial charge < -0.3 is 10.6 Å². The lowest BCUT2D eigenvalue weighted by molar-refractivity contribution is -0.136. The Bertz CT molecular complexity index is 921. The molecule has 1 saturated carbocycles. The van der Waals surface area contributed by atoms with E-state index in [0.717, 1.165) is 34.9 Å². The number of amides is 4. The number of nitrogens with zero attached hydrogens (tertiary/aromatic N) is 1. The Morgan fingerprint density at radius 2 is 1.96 bits per heavy atom. The van der Waals surface area contributed by atoms with Crippen molar-refractivity contribution in [3.05, 3.63) is 42.5 Å². The molecule has 2 aromatic rings. The molecule has 0 bridgehead atoms. The molecule has 0 unspecified atom stereocenters. The molecule has 27 heavy (non-hydrogen) atoms. The van der Waals surface area contributed by atoms with Crippen LogP contribution in [0.5, 0.6) is 0 Å². The number of imide groups is 1. The van der Waals surface area contributed by atoms with Gasteiger partial charge in [-0.3, -0.25) is 14.5 Å². The fourth-order valence-corrected chi connectivity index (χ4v) is 4.31. The van der Waals surface area contributed by atoms with Crippen LogP contribution in [0.1, 0.15) is 32.6 Å². The topological polar surface area (TPSA) is 78.5 Å². The van der Waals surface area contributed by atoms with Gasteiger partial charge in [0.05, 0.1) is 0 Å². The maximum atomic E-state index is 13.0. The van der Waals surface area contributed by atoms with E-state index in [4.69, 9.17) is 0 Å². The van der Waals surface area contributed by atoms with Crippen LogP contribution in [0.4, 0.5) is 10.5 Å². The predicted molar refractivity (Wildman–Crippen MR) is 103 cm³/mol. The fraction of sp³-hybridized carbons (Fsp3) is 0.381. The average molecular weight is 365 g/mol. The highest BCUT2D eigenvalue weighted by Gasteiger charge is 2.55. The second kappa shape index (κ2) is 6.68. The standard InChI is InChI=1S/C21H23N3O3/c1-14-7-4-5-12-21(14)19(26)24(20(27)23-21)13-18(25)22-17-11-6-9-15-8-2-3-10-16(15)17/h2-3,6,8-11,14H,4-5,7,12-13H2,1H3,(H,22,25)(H,23,27)/t14-,21+/m0/s1. The number of fused-ring (bicyclic) bond motifs is 1. The summed E-state index contributed by atoms with van der Waals surface area (Å²) in [6, 6.07) is 12.9. The molecule has 4 rings (SSSR count). The molecular weight excluding hydrogens is 342 g/mol. The molecular formula is C21H23N3O3. The number of hydrogen-bond acceptors (Lipinski definition) is 3. The van der Waals surface area contributed by atoms with Crippen LogP contribution < -0.4 is 10.6 Å². The van der Waals surface area contributed by atoms with Gasteiger partial charge in [-0.2, -0.15) is 0 Å². The first-order chi connectivity index (χ1) is 13.0. The van der Waals surface area contributed by atoms with Crippen LogP contribution >= 0.6 is 0 Å². The highest BCUT2D eigenvalue weighted by Crippen LogP contribution is 2.38. The summed E-state index contributed by atoms with van der Waals surface area (Å²) in [5, 5.41) is 7.65. The van der Waals surface area contributed by atoms with Gasteiger partial charge >= 0.3 is 6.03 Å². The van der Waals surface area contributed by atoms with Crippen LogP contribution in [-0.2, 0) is 9.59 Å². The number of anilines is 1. The van der Waals surface area contributed by atoms with Crippen molar-refractivity contribution < 1.29 is 14.4 Å². The number of hydrogen-bond donors (Lipinski definition) is 2. The van der Waals surface area contributed by atoms with Gasteiger partial charge in [0.2, 0.25) is 5.91 Å². The zero-order valence-corrected chi connectivity index (χ0v) is 15.3. The fourth-order valence-electron chi connectivity index (χ4n) is 4.31. The van der Waals surface area contributed by atoms with E-state index in [9.17, 15) is 14.4 Å². The van der Waals surface area contributed by atoms with E-state index < -0.39 is 11.6 Å². The zero-order valence-electron chi connectivity index (χ0n) is 15.3. The van der Waals surface area contributed by atoms with Gasteiger partial charge in [-0.15, -0.1) is 0 Å². The van der Waals surface area contributed by atoms with Crippen molar-refractivity contribution in [2.24, 2.45) is 5.92 Å². The number of urea groups is 1.